The summed E-state index contributed by atoms with van der Waals surface area (Å²) in [5, 5.41) is 8.23. The van der Waals surface area contributed by atoms with Crippen LogP contribution in [0.5, 0.6) is 0 Å². The van der Waals surface area contributed by atoms with E-state index >= 15 is 0 Å². The Hall–Kier alpha value is -0.580. The van der Waals surface area contributed by atoms with Gasteiger partial charge in [-0.05, 0) is 43.3 Å². The van der Waals surface area contributed by atoms with Crippen LogP contribution in [0, 0.1) is 6.92 Å². The number of amides is 1. The van der Waals surface area contributed by atoms with E-state index in [1.807, 2.05) is 0 Å². The fraction of sp³-hybridized carbons (Fsp3) is 0.545. The van der Waals surface area contributed by atoms with E-state index in [0.29, 0.717) is 6.54 Å². The highest BCUT2D eigenvalue weighted by atomic mass is 35.5. The van der Waals surface area contributed by atoms with Crippen LogP contribution in [0.3, 0.4) is 0 Å². The number of hydrogen-bond acceptors (Lipinski definition) is 3. The van der Waals surface area contributed by atoms with Gasteiger partial charge in [0.25, 0.3) is 0 Å². The predicted molar refractivity (Wildman–Crippen MR) is 69.2 cm³/mol. The van der Waals surface area contributed by atoms with E-state index in [0.717, 1.165) is 19.4 Å². The standard InChI is InChI=1S/C11H16N2OS.ClH/c1-8-4-6-15-10(8)7-13-11(14)9-3-2-5-12-9;/h4,6,9,12H,2-3,5,7H2,1H3,(H,13,14);1H. The van der Waals surface area contributed by atoms with Gasteiger partial charge >= 0.3 is 0 Å². The van der Waals surface area contributed by atoms with Gasteiger partial charge in [-0.2, -0.15) is 0 Å². The molecule has 0 spiro atoms. The first-order chi connectivity index (χ1) is 7.27. The number of thiophene rings is 1. The van der Waals surface area contributed by atoms with Gasteiger partial charge in [0.1, 0.15) is 0 Å². The van der Waals surface area contributed by atoms with E-state index in [1.54, 1.807) is 11.3 Å². The molecule has 2 heterocycles. The van der Waals surface area contributed by atoms with Gasteiger partial charge in [-0.3, -0.25) is 4.79 Å². The third-order valence-corrected chi connectivity index (χ3v) is 3.79. The van der Waals surface area contributed by atoms with Crippen molar-refractivity contribution in [1.29, 1.82) is 0 Å². The molecular weight excluding hydrogens is 244 g/mol. The van der Waals surface area contributed by atoms with Gasteiger partial charge in [-0.15, -0.1) is 23.7 Å². The smallest absolute Gasteiger partial charge is 0.237 e. The van der Waals surface area contributed by atoms with Gasteiger partial charge in [0.2, 0.25) is 5.91 Å². The number of halogens is 1. The van der Waals surface area contributed by atoms with Gasteiger partial charge < -0.3 is 10.6 Å². The second-order valence-corrected chi connectivity index (χ2v) is 4.89. The Bertz CT molecular complexity index is 348. The number of aryl methyl sites for hydroxylation is 1. The molecule has 0 saturated carbocycles. The minimum atomic E-state index is 0. The van der Waals surface area contributed by atoms with Crippen molar-refractivity contribution in [2.24, 2.45) is 0 Å². The minimum absolute atomic E-state index is 0. The highest BCUT2D eigenvalue weighted by Crippen LogP contribution is 2.15. The minimum Gasteiger partial charge on any atom is -0.350 e. The summed E-state index contributed by atoms with van der Waals surface area (Å²) in [6.45, 7) is 3.71. The van der Waals surface area contributed by atoms with Crippen molar-refractivity contribution < 1.29 is 4.79 Å². The van der Waals surface area contributed by atoms with E-state index < -0.39 is 0 Å². The summed E-state index contributed by atoms with van der Waals surface area (Å²) in [5.41, 5.74) is 1.26. The molecule has 1 aromatic rings. The summed E-state index contributed by atoms with van der Waals surface area (Å²) < 4.78 is 0. The van der Waals surface area contributed by atoms with Crippen molar-refractivity contribution in [2.75, 3.05) is 6.54 Å². The molecular formula is C11H17ClN2OS. The normalized spacial score (nSPS) is 19.2. The summed E-state index contributed by atoms with van der Waals surface area (Å²) in [7, 11) is 0. The molecule has 2 rings (SSSR count). The first kappa shape index (κ1) is 13.5. The van der Waals surface area contributed by atoms with Crippen LogP contribution >= 0.6 is 23.7 Å². The quantitative estimate of drug-likeness (QED) is 0.871. The van der Waals surface area contributed by atoms with Crippen molar-refractivity contribution in [3.63, 3.8) is 0 Å². The largest absolute Gasteiger partial charge is 0.350 e. The lowest BCUT2D eigenvalue weighted by Gasteiger charge is -2.10. The van der Waals surface area contributed by atoms with Crippen LogP contribution in [-0.2, 0) is 11.3 Å². The summed E-state index contributed by atoms with van der Waals surface area (Å²) in [4.78, 5) is 12.9. The molecule has 1 unspecified atom stereocenters. The maximum Gasteiger partial charge on any atom is 0.237 e. The molecule has 1 aromatic heterocycles. The molecule has 0 bridgehead atoms. The SMILES string of the molecule is Cc1ccsc1CNC(=O)C1CCCN1.Cl. The van der Waals surface area contributed by atoms with Crippen molar-refractivity contribution in [3.05, 3.63) is 21.9 Å². The van der Waals surface area contributed by atoms with E-state index in [-0.39, 0.29) is 24.4 Å². The number of rotatable bonds is 3. The van der Waals surface area contributed by atoms with Crippen molar-refractivity contribution in [1.82, 2.24) is 10.6 Å². The van der Waals surface area contributed by atoms with Crippen LogP contribution in [0.4, 0.5) is 0 Å². The second-order valence-electron chi connectivity index (χ2n) is 3.89. The van der Waals surface area contributed by atoms with E-state index in [2.05, 4.69) is 29.0 Å². The lowest BCUT2D eigenvalue weighted by Crippen LogP contribution is -2.39. The Morgan fingerprint density at radius 2 is 2.50 bits per heavy atom. The third kappa shape index (κ3) is 3.20. The van der Waals surface area contributed by atoms with Gasteiger partial charge in [-0.1, -0.05) is 0 Å². The monoisotopic (exact) mass is 260 g/mol. The molecule has 16 heavy (non-hydrogen) atoms. The molecule has 1 saturated heterocycles. The number of hydrogen-bond donors (Lipinski definition) is 2. The van der Waals surface area contributed by atoms with Crippen LogP contribution in [0.2, 0.25) is 0 Å². The molecule has 0 aromatic carbocycles. The van der Waals surface area contributed by atoms with Crippen molar-refractivity contribution in [2.45, 2.75) is 32.4 Å². The summed E-state index contributed by atoms with van der Waals surface area (Å²) in [6.07, 6.45) is 2.07. The van der Waals surface area contributed by atoms with Crippen LogP contribution in [0.1, 0.15) is 23.3 Å². The first-order valence-corrected chi connectivity index (χ1v) is 6.19. The number of carbonyl (C=O) groups excluding carboxylic acids is 1. The molecule has 90 valence electrons. The van der Waals surface area contributed by atoms with Crippen LogP contribution < -0.4 is 10.6 Å². The molecule has 3 nitrogen and oxygen atoms in total. The topological polar surface area (TPSA) is 41.1 Å². The van der Waals surface area contributed by atoms with Gasteiger partial charge in [-0.25, -0.2) is 0 Å². The van der Waals surface area contributed by atoms with E-state index in [9.17, 15) is 4.79 Å². The van der Waals surface area contributed by atoms with E-state index in [4.69, 9.17) is 0 Å². The fourth-order valence-corrected chi connectivity index (χ4v) is 2.63. The molecule has 1 fully saturated rings. The predicted octanol–water partition coefficient (Wildman–Crippen LogP) is 1.85. The van der Waals surface area contributed by atoms with Gasteiger partial charge in [0.05, 0.1) is 12.6 Å². The summed E-state index contributed by atoms with van der Waals surface area (Å²) in [6, 6.07) is 2.12. The summed E-state index contributed by atoms with van der Waals surface area (Å²) in [5.74, 6) is 0.139. The molecule has 2 N–H and O–H groups in total. The van der Waals surface area contributed by atoms with Gasteiger partial charge in [0.15, 0.2) is 0 Å². The van der Waals surface area contributed by atoms with E-state index in [1.165, 1.54) is 10.4 Å². The zero-order valence-corrected chi connectivity index (χ0v) is 10.9. The molecule has 0 radical (unpaired) electrons. The molecule has 1 aliphatic rings. The summed E-state index contributed by atoms with van der Waals surface area (Å²) >= 11 is 1.70. The number of carbonyl (C=O) groups is 1. The van der Waals surface area contributed by atoms with Crippen molar-refractivity contribution >= 4 is 29.7 Å². The average molecular weight is 261 g/mol. The Morgan fingerprint density at radius 1 is 1.69 bits per heavy atom. The van der Waals surface area contributed by atoms with Crippen LogP contribution in [-0.4, -0.2) is 18.5 Å². The second kappa shape index (κ2) is 6.23. The Morgan fingerprint density at radius 3 is 3.06 bits per heavy atom. The lowest BCUT2D eigenvalue weighted by molar-refractivity contribution is -0.122. The lowest BCUT2D eigenvalue weighted by atomic mass is 10.2. The van der Waals surface area contributed by atoms with Crippen LogP contribution in [0.25, 0.3) is 0 Å². The zero-order valence-electron chi connectivity index (χ0n) is 9.29. The Balaban J connectivity index is 0.00000128. The maximum absolute atomic E-state index is 11.7. The molecule has 5 heteroatoms. The number of nitrogens with one attached hydrogen (secondary N) is 2. The van der Waals surface area contributed by atoms with Gasteiger partial charge in [0, 0.05) is 4.88 Å². The van der Waals surface area contributed by atoms with Crippen molar-refractivity contribution in [3.8, 4) is 0 Å². The molecule has 1 amide bonds. The fourth-order valence-electron chi connectivity index (χ4n) is 1.78. The average Bonchev–Trinajstić information content (AvgIpc) is 2.85. The maximum atomic E-state index is 11.7. The molecule has 1 atom stereocenters. The molecule has 0 aliphatic carbocycles. The Labute approximate surface area is 106 Å². The third-order valence-electron chi connectivity index (χ3n) is 2.77. The molecule has 1 aliphatic heterocycles. The Kier molecular flexibility index (Phi) is 5.25. The zero-order chi connectivity index (χ0) is 10.7. The van der Waals surface area contributed by atoms with Crippen LogP contribution in [0.15, 0.2) is 11.4 Å². The highest BCUT2D eigenvalue weighted by Gasteiger charge is 2.21. The highest BCUT2D eigenvalue weighted by molar-refractivity contribution is 7.10. The first-order valence-electron chi connectivity index (χ1n) is 5.31.